The lowest BCUT2D eigenvalue weighted by Gasteiger charge is -2.19. The van der Waals surface area contributed by atoms with Crippen LogP contribution in [0.4, 0.5) is 5.69 Å². The number of phenols is 1. The maximum atomic E-state index is 12.5. The van der Waals surface area contributed by atoms with Crippen LogP contribution in [0.25, 0.3) is 5.57 Å². The number of carbonyl (C=O) groups excluding carboxylic acids is 1. The quantitative estimate of drug-likeness (QED) is 0.873. The van der Waals surface area contributed by atoms with E-state index >= 15 is 0 Å². The van der Waals surface area contributed by atoms with Crippen molar-refractivity contribution in [3.05, 3.63) is 74.7 Å². The number of Topliss-reactive ketones (excluding diaryl/α,β-unsaturated/α-hetero) is 1. The molecule has 3 rings (SSSR count). The van der Waals surface area contributed by atoms with E-state index in [4.69, 9.17) is 0 Å². The van der Waals surface area contributed by atoms with E-state index in [-0.39, 0.29) is 29.1 Å². The molecule has 0 bridgehead atoms. The highest BCUT2D eigenvalue weighted by atomic mass is 16.3. The van der Waals surface area contributed by atoms with Gasteiger partial charge in [-0.05, 0) is 33.1 Å². The monoisotopic (exact) mass is 294 g/mol. The van der Waals surface area contributed by atoms with Gasteiger partial charge in [0.15, 0.2) is 5.70 Å². The van der Waals surface area contributed by atoms with Gasteiger partial charge >= 0.3 is 0 Å². The number of nitrogens with zero attached hydrogens (tertiary/aromatic N) is 2. The summed E-state index contributed by atoms with van der Waals surface area (Å²) in [5.74, 6) is -0.805. The van der Waals surface area contributed by atoms with E-state index in [9.17, 15) is 19.7 Å². The second-order valence-electron chi connectivity index (χ2n) is 4.88. The SMILES string of the molecule is O=NC1=C(c2ccccc2)Cc2cc(O)cc(N=O)c2C1=O. The van der Waals surface area contributed by atoms with Gasteiger partial charge in [-0.2, -0.15) is 0 Å². The first-order chi connectivity index (χ1) is 10.7. The van der Waals surface area contributed by atoms with Gasteiger partial charge in [0.2, 0.25) is 5.78 Å². The van der Waals surface area contributed by atoms with Gasteiger partial charge in [0.25, 0.3) is 0 Å². The van der Waals surface area contributed by atoms with Crippen LogP contribution in [0, 0.1) is 9.81 Å². The van der Waals surface area contributed by atoms with Crippen molar-refractivity contribution in [1.82, 2.24) is 0 Å². The van der Waals surface area contributed by atoms with E-state index in [0.717, 1.165) is 6.07 Å². The van der Waals surface area contributed by atoms with Crippen LogP contribution < -0.4 is 0 Å². The largest absolute Gasteiger partial charge is 0.508 e. The van der Waals surface area contributed by atoms with Crippen LogP contribution in [-0.2, 0) is 6.42 Å². The number of ketones is 1. The van der Waals surface area contributed by atoms with Crippen LogP contribution in [0.15, 0.2) is 58.5 Å². The summed E-state index contributed by atoms with van der Waals surface area (Å²) >= 11 is 0. The Labute approximate surface area is 125 Å². The molecular formula is C16H10N2O4. The summed E-state index contributed by atoms with van der Waals surface area (Å²) in [6, 6.07) is 11.4. The minimum Gasteiger partial charge on any atom is -0.508 e. The number of hydrogen-bond donors (Lipinski definition) is 1. The van der Waals surface area contributed by atoms with Gasteiger partial charge < -0.3 is 5.11 Å². The Balaban J connectivity index is 2.24. The van der Waals surface area contributed by atoms with Gasteiger partial charge in [-0.15, -0.1) is 9.81 Å². The topological polar surface area (TPSA) is 96.2 Å². The maximum absolute atomic E-state index is 12.5. The summed E-state index contributed by atoms with van der Waals surface area (Å²) in [4.78, 5) is 34.5. The lowest BCUT2D eigenvalue weighted by molar-refractivity contribution is 0.103. The van der Waals surface area contributed by atoms with E-state index in [1.54, 1.807) is 24.3 Å². The van der Waals surface area contributed by atoms with E-state index in [1.165, 1.54) is 6.07 Å². The van der Waals surface area contributed by atoms with Gasteiger partial charge in [-0.3, -0.25) is 4.79 Å². The summed E-state index contributed by atoms with van der Waals surface area (Å²) in [6.45, 7) is 0. The number of rotatable bonds is 3. The molecule has 0 atom stereocenters. The average molecular weight is 294 g/mol. The van der Waals surface area contributed by atoms with Crippen molar-refractivity contribution >= 4 is 17.0 Å². The van der Waals surface area contributed by atoms with Crippen LogP contribution in [0.3, 0.4) is 0 Å². The first kappa shape index (κ1) is 13.8. The molecule has 0 radical (unpaired) electrons. The van der Waals surface area contributed by atoms with Crippen LogP contribution in [-0.4, -0.2) is 10.9 Å². The molecule has 0 saturated heterocycles. The summed E-state index contributed by atoms with van der Waals surface area (Å²) in [5.41, 5.74) is 1.23. The third kappa shape index (κ3) is 2.10. The van der Waals surface area contributed by atoms with Gasteiger partial charge in [-0.1, -0.05) is 30.3 Å². The molecule has 0 spiro atoms. The number of allylic oxidation sites excluding steroid dienone is 2. The molecule has 0 unspecified atom stereocenters. The number of fused-ring (bicyclic) bond motifs is 1. The van der Waals surface area contributed by atoms with Gasteiger partial charge in [0.05, 0.1) is 5.56 Å². The van der Waals surface area contributed by atoms with Crippen molar-refractivity contribution in [3.8, 4) is 5.75 Å². The first-order valence-electron chi connectivity index (χ1n) is 6.51. The Bertz CT molecular complexity index is 826. The van der Waals surface area contributed by atoms with Crippen LogP contribution >= 0.6 is 0 Å². The van der Waals surface area contributed by atoms with E-state index in [0.29, 0.717) is 16.7 Å². The molecule has 0 amide bonds. The Morgan fingerprint density at radius 2 is 1.73 bits per heavy atom. The molecule has 0 fully saturated rings. The number of phenolic OH excluding ortho intramolecular Hbond substituents is 1. The molecule has 1 aliphatic rings. The lowest BCUT2D eigenvalue weighted by Crippen LogP contribution is -2.15. The molecule has 0 saturated carbocycles. The molecule has 2 aromatic carbocycles. The highest BCUT2D eigenvalue weighted by Crippen LogP contribution is 2.39. The lowest BCUT2D eigenvalue weighted by atomic mass is 9.84. The maximum Gasteiger partial charge on any atom is 0.217 e. The molecule has 6 nitrogen and oxygen atoms in total. The Kier molecular flexibility index (Phi) is 3.34. The predicted molar refractivity (Wildman–Crippen MR) is 80.8 cm³/mol. The minimum atomic E-state index is -0.648. The molecule has 1 aliphatic carbocycles. The van der Waals surface area contributed by atoms with E-state index in [1.807, 2.05) is 6.07 Å². The fraction of sp³-hybridized carbons (Fsp3) is 0.0625. The smallest absolute Gasteiger partial charge is 0.217 e. The van der Waals surface area contributed by atoms with Gasteiger partial charge in [0.1, 0.15) is 11.4 Å². The standard InChI is InChI=1S/C16H10N2O4/c19-11-6-10-7-12(9-4-2-1-3-5-9)15(18-22)16(20)14(10)13(8-11)17-21/h1-6,8,19H,7H2. The fourth-order valence-corrected chi connectivity index (χ4v) is 2.65. The normalized spacial score (nSPS) is 13.7. The number of benzene rings is 2. The minimum absolute atomic E-state index is 0.0297. The third-order valence-corrected chi connectivity index (χ3v) is 3.59. The fourth-order valence-electron chi connectivity index (χ4n) is 2.65. The molecule has 0 aliphatic heterocycles. The second kappa shape index (κ2) is 5.33. The zero-order chi connectivity index (χ0) is 15.7. The Morgan fingerprint density at radius 3 is 2.36 bits per heavy atom. The van der Waals surface area contributed by atoms with E-state index < -0.39 is 5.78 Å². The molecule has 0 heterocycles. The average Bonchev–Trinajstić information content (AvgIpc) is 2.54. The zero-order valence-corrected chi connectivity index (χ0v) is 11.3. The van der Waals surface area contributed by atoms with Crippen molar-refractivity contribution in [2.75, 3.05) is 0 Å². The highest BCUT2D eigenvalue weighted by molar-refractivity contribution is 6.18. The number of carbonyl (C=O) groups is 1. The summed E-state index contributed by atoms with van der Waals surface area (Å²) < 4.78 is 0. The first-order valence-corrected chi connectivity index (χ1v) is 6.51. The van der Waals surface area contributed by atoms with Crippen LogP contribution in [0.2, 0.25) is 0 Å². The number of aromatic hydroxyl groups is 1. The zero-order valence-electron chi connectivity index (χ0n) is 11.3. The van der Waals surface area contributed by atoms with Crippen molar-refractivity contribution in [3.63, 3.8) is 0 Å². The van der Waals surface area contributed by atoms with Crippen molar-refractivity contribution < 1.29 is 9.90 Å². The molecule has 6 heteroatoms. The molecule has 22 heavy (non-hydrogen) atoms. The van der Waals surface area contributed by atoms with Crippen LogP contribution in [0.5, 0.6) is 5.75 Å². The summed E-state index contributed by atoms with van der Waals surface area (Å²) in [5, 5.41) is 15.3. The molecular weight excluding hydrogens is 284 g/mol. The Hall–Kier alpha value is -3.15. The van der Waals surface area contributed by atoms with Crippen LogP contribution in [0.1, 0.15) is 21.5 Å². The third-order valence-electron chi connectivity index (χ3n) is 3.59. The van der Waals surface area contributed by atoms with E-state index in [2.05, 4.69) is 10.4 Å². The van der Waals surface area contributed by atoms with Crippen molar-refractivity contribution in [2.45, 2.75) is 6.42 Å². The number of hydrogen-bond acceptors (Lipinski definition) is 6. The van der Waals surface area contributed by atoms with Crippen molar-refractivity contribution in [1.29, 1.82) is 0 Å². The van der Waals surface area contributed by atoms with Gasteiger partial charge in [0, 0.05) is 12.5 Å². The molecule has 108 valence electrons. The summed E-state index contributed by atoms with van der Waals surface area (Å²) in [6.07, 6.45) is 0.211. The number of nitroso groups, excluding NO2 is 2. The van der Waals surface area contributed by atoms with Crippen molar-refractivity contribution in [2.24, 2.45) is 10.4 Å². The summed E-state index contributed by atoms with van der Waals surface area (Å²) in [7, 11) is 0. The highest BCUT2D eigenvalue weighted by Gasteiger charge is 2.31. The molecule has 0 aromatic heterocycles. The molecule has 2 aromatic rings. The Morgan fingerprint density at radius 1 is 1.00 bits per heavy atom. The predicted octanol–water partition coefficient (Wildman–Crippen LogP) is 3.71. The van der Waals surface area contributed by atoms with Gasteiger partial charge in [-0.25, -0.2) is 0 Å². The second-order valence-corrected chi connectivity index (χ2v) is 4.88. The molecule has 1 N–H and O–H groups in total.